The fourth-order valence-corrected chi connectivity index (χ4v) is 1.36. The van der Waals surface area contributed by atoms with Crippen LogP contribution in [0.2, 0.25) is 6.55 Å². The predicted molar refractivity (Wildman–Crippen MR) is 46.6 cm³/mol. The molecule has 0 aromatic heterocycles. The fraction of sp³-hybridized carbons (Fsp3) is 1.00. The number of nitrogens with two attached hydrogens (primary N) is 2. The van der Waals surface area contributed by atoms with E-state index in [2.05, 4.69) is 6.55 Å². The summed E-state index contributed by atoms with van der Waals surface area (Å²) < 4.78 is 5.34. The summed E-state index contributed by atoms with van der Waals surface area (Å²) in [7, 11) is -0.251. The summed E-state index contributed by atoms with van der Waals surface area (Å²) in [4.78, 5) is 0. The van der Waals surface area contributed by atoms with Gasteiger partial charge in [0.25, 0.3) is 0 Å². The molecule has 0 saturated carbocycles. The Bertz CT molecular complexity index is 72.8. The lowest BCUT2D eigenvalue weighted by Gasteiger charge is -2.12. The van der Waals surface area contributed by atoms with Gasteiger partial charge >= 0.3 is 0 Å². The normalized spacial score (nSPS) is 14.7. The maximum absolute atomic E-state index is 5.48. The molecule has 0 aliphatic carbocycles. The summed E-state index contributed by atoms with van der Waals surface area (Å²) in [6, 6.07) is 0. The summed E-state index contributed by atoms with van der Waals surface area (Å²) in [6.45, 7) is 4.36. The van der Waals surface area contributed by atoms with Gasteiger partial charge in [0.1, 0.15) is 0 Å². The van der Waals surface area contributed by atoms with Gasteiger partial charge in [0.15, 0.2) is 9.76 Å². The van der Waals surface area contributed by atoms with Crippen molar-refractivity contribution < 1.29 is 4.43 Å². The first-order valence-corrected chi connectivity index (χ1v) is 5.82. The molecule has 0 aliphatic heterocycles. The first-order valence-electron chi connectivity index (χ1n) is 3.83. The van der Waals surface area contributed by atoms with E-state index >= 15 is 0 Å². The van der Waals surface area contributed by atoms with Gasteiger partial charge in [-0.15, -0.1) is 0 Å². The van der Waals surface area contributed by atoms with Crippen LogP contribution in [0.3, 0.4) is 0 Å². The van der Waals surface area contributed by atoms with Crippen molar-refractivity contribution in [3.63, 3.8) is 0 Å². The van der Waals surface area contributed by atoms with Crippen LogP contribution >= 0.6 is 0 Å². The molecular formula is C6H18N2OSi. The van der Waals surface area contributed by atoms with E-state index in [-0.39, 0.29) is 9.76 Å². The molecule has 0 fully saturated rings. The molecular weight excluding hydrogens is 144 g/mol. The van der Waals surface area contributed by atoms with Crippen LogP contribution in [0.1, 0.15) is 6.42 Å². The highest BCUT2D eigenvalue weighted by Crippen LogP contribution is 1.98. The quantitative estimate of drug-likeness (QED) is 0.496. The van der Waals surface area contributed by atoms with Gasteiger partial charge in [-0.05, 0) is 25.4 Å². The summed E-state index contributed by atoms with van der Waals surface area (Å²) >= 11 is 0. The number of hydrogen-bond donors (Lipinski definition) is 2. The molecule has 1 atom stereocenters. The first kappa shape index (κ1) is 10.1. The van der Waals surface area contributed by atoms with E-state index in [0.717, 1.165) is 19.6 Å². The third-order valence-electron chi connectivity index (χ3n) is 1.47. The molecule has 0 radical (unpaired) electrons. The maximum atomic E-state index is 5.48. The minimum absolute atomic E-state index is 0.251. The van der Waals surface area contributed by atoms with Crippen molar-refractivity contribution in [2.75, 3.05) is 19.7 Å². The van der Waals surface area contributed by atoms with Crippen LogP contribution in [0.25, 0.3) is 0 Å². The molecule has 0 aromatic carbocycles. The maximum Gasteiger partial charge on any atom is 0.158 e. The minimum Gasteiger partial charge on any atom is -0.424 e. The molecule has 4 N–H and O–H groups in total. The molecule has 0 aromatic rings. The molecule has 0 rings (SSSR count). The van der Waals surface area contributed by atoms with Crippen LogP contribution in [0.15, 0.2) is 0 Å². The van der Waals surface area contributed by atoms with E-state index in [4.69, 9.17) is 15.9 Å². The van der Waals surface area contributed by atoms with Crippen LogP contribution < -0.4 is 11.5 Å². The summed E-state index contributed by atoms with van der Waals surface area (Å²) in [6.07, 6.45) is 0.991. The lowest BCUT2D eigenvalue weighted by Crippen LogP contribution is -2.23. The lowest BCUT2D eigenvalue weighted by molar-refractivity contribution is 0.259. The van der Waals surface area contributed by atoms with E-state index in [0.29, 0.717) is 12.5 Å². The van der Waals surface area contributed by atoms with Crippen molar-refractivity contribution in [1.82, 2.24) is 0 Å². The topological polar surface area (TPSA) is 61.3 Å². The van der Waals surface area contributed by atoms with Crippen molar-refractivity contribution in [2.24, 2.45) is 17.4 Å². The van der Waals surface area contributed by atoms with Gasteiger partial charge in [-0.2, -0.15) is 0 Å². The molecule has 0 saturated heterocycles. The Morgan fingerprint density at radius 1 is 1.50 bits per heavy atom. The molecule has 0 bridgehead atoms. The molecule has 10 heavy (non-hydrogen) atoms. The van der Waals surface area contributed by atoms with Gasteiger partial charge in [-0.3, -0.25) is 0 Å². The van der Waals surface area contributed by atoms with Crippen molar-refractivity contribution >= 4 is 9.76 Å². The number of rotatable bonds is 6. The highest BCUT2D eigenvalue weighted by molar-refractivity contribution is 6.24. The van der Waals surface area contributed by atoms with Crippen molar-refractivity contribution in [3.8, 4) is 0 Å². The van der Waals surface area contributed by atoms with Crippen molar-refractivity contribution in [2.45, 2.75) is 13.0 Å². The molecule has 3 nitrogen and oxygen atoms in total. The van der Waals surface area contributed by atoms with Crippen LogP contribution in [-0.2, 0) is 4.43 Å². The lowest BCUT2D eigenvalue weighted by atomic mass is 10.1. The zero-order valence-electron chi connectivity index (χ0n) is 6.68. The molecule has 0 spiro atoms. The average Bonchev–Trinajstić information content (AvgIpc) is 1.98. The Balaban J connectivity index is 3.21. The van der Waals surface area contributed by atoms with Gasteiger partial charge in [0.2, 0.25) is 0 Å². The monoisotopic (exact) mass is 162 g/mol. The van der Waals surface area contributed by atoms with E-state index < -0.39 is 0 Å². The van der Waals surface area contributed by atoms with Gasteiger partial charge in [-0.25, -0.2) is 0 Å². The van der Waals surface area contributed by atoms with Gasteiger partial charge < -0.3 is 15.9 Å². The Morgan fingerprint density at radius 3 is 2.60 bits per heavy atom. The molecule has 62 valence electrons. The zero-order chi connectivity index (χ0) is 7.82. The molecule has 0 amide bonds. The minimum atomic E-state index is -0.251. The van der Waals surface area contributed by atoms with Gasteiger partial charge in [0.05, 0.1) is 0 Å². The zero-order valence-corrected chi connectivity index (χ0v) is 8.09. The Morgan fingerprint density at radius 2 is 2.20 bits per heavy atom. The van der Waals surface area contributed by atoms with Crippen LogP contribution in [-0.4, -0.2) is 29.5 Å². The van der Waals surface area contributed by atoms with Crippen molar-refractivity contribution in [3.05, 3.63) is 0 Å². The van der Waals surface area contributed by atoms with Crippen molar-refractivity contribution in [1.29, 1.82) is 0 Å². The van der Waals surface area contributed by atoms with Crippen LogP contribution in [0.4, 0.5) is 0 Å². The Kier molecular flexibility index (Phi) is 7.28. The summed E-state index contributed by atoms with van der Waals surface area (Å²) in [5, 5.41) is 0. The second kappa shape index (κ2) is 7.21. The predicted octanol–water partition coefficient (Wildman–Crippen LogP) is -0.941. The van der Waals surface area contributed by atoms with E-state index in [1.54, 1.807) is 0 Å². The van der Waals surface area contributed by atoms with E-state index in [1.165, 1.54) is 0 Å². The molecule has 0 heterocycles. The molecule has 1 unspecified atom stereocenters. The van der Waals surface area contributed by atoms with E-state index in [9.17, 15) is 0 Å². The largest absolute Gasteiger partial charge is 0.424 e. The standard InChI is InChI=1S/C6H18N2OSi/c1-10-9-5-6(4-8)2-3-7/h6H,2-5,7-8,10H2,1H3. The first-order chi connectivity index (χ1) is 4.85. The van der Waals surface area contributed by atoms with Gasteiger partial charge in [0, 0.05) is 6.61 Å². The highest BCUT2D eigenvalue weighted by atomic mass is 28.2. The summed E-state index contributed by atoms with van der Waals surface area (Å²) in [5.41, 5.74) is 10.9. The van der Waals surface area contributed by atoms with Crippen LogP contribution in [0.5, 0.6) is 0 Å². The molecule has 0 aliphatic rings. The van der Waals surface area contributed by atoms with Crippen LogP contribution in [0, 0.1) is 5.92 Å². The third-order valence-corrected chi connectivity index (χ3v) is 2.11. The average molecular weight is 162 g/mol. The summed E-state index contributed by atoms with van der Waals surface area (Å²) in [5.74, 6) is 0.484. The second-order valence-electron chi connectivity index (χ2n) is 2.34. The highest BCUT2D eigenvalue weighted by Gasteiger charge is 2.03. The Labute approximate surface area is 65.1 Å². The number of hydrogen-bond acceptors (Lipinski definition) is 3. The third kappa shape index (κ3) is 4.93. The van der Waals surface area contributed by atoms with E-state index in [1.807, 2.05) is 0 Å². The smallest absolute Gasteiger partial charge is 0.158 e. The Hall–Kier alpha value is 0.0969. The SMILES string of the molecule is C[SiH2]OCC(CN)CCN. The van der Waals surface area contributed by atoms with Gasteiger partial charge in [-0.1, -0.05) is 6.55 Å². The fourth-order valence-electron chi connectivity index (χ4n) is 0.789. The second-order valence-corrected chi connectivity index (χ2v) is 3.32. The molecule has 4 heteroatoms.